The summed E-state index contributed by atoms with van der Waals surface area (Å²) in [6, 6.07) is 4.65. The van der Waals surface area contributed by atoms with Crippen LogP contribution in [0, 0.1) is 0 Å². The van der Waals surface area contributed by atoms with Crippen LogP contribution in [-0.2, 0) is 0 Å². The van der Waals surface area contributed by atoms with Gasteiger partial charge in [0.25, 0.3) is 0 Å². The molecule has 0 aliphatic rings. The summed E-state index contributed by atoms with van der Waals surface area (Å²) < 4.78 is 0. The molecule has 0 saturated heterocycles. The van der Waals surface area contributed by atoms with Crippen LogP contribution in [-0.4, -0.2) is 28.0 Å². The zero-order chi connectivity index (χ0) is 11.4. The molecule has 1 aromatic rings. The normalized spacial score (nSPS) is 14.9. The van der Waals surface area contributed by atoms with Crippen LogP contribution < -0.4 is 5.73 Å². The molecule has 15 heavy (non-hydrogen) atoms. The number of rotatable bonds is 4. The number of nitrogens with two attached hydrogens (primary N) is 1. The molecule has 84 valence electrons. The third-order valence-corrected chi connectivity index (χ3v) is 2.48. The molecule has 0 fully saturated rings. The van der Waals surface area contributed by atoms with Crippen molar-refractivity contribution in [1.29, 1.82) is 0 Å². The van der Waals surface area contributed by atoms with Crippen molar-refractivity contribution in [3.63, 3.8) is 0 Å². The van der Waals surface area contributed by atoms with Gasteiger partial charge in [-0.25, -0.2) is 0 Å². The Balaban J connectivity index is 2.81. The Hall–Kier alpha value is -0.810. The quantitative estimate of drug-likeness (QED) is 0.575. The van der Waals surface area contributed by atoms with Crippen molar-refractivity contribution in [2.75, 3.05) is 12.3 Å². The summed E-state index contributed by atoms with van der Waals surface area (Å²) in [4.78, 5) is 0. The molecule has 1 rings (SSSR count). The van der Waals surface area contributed by atoms with Gasteiger partial charge in [0.2, 0.25) is 0 Å². The van der Waals surface area contributed by atoms with Crippen LogP contribution in [0.15, 0.2) is 18.2 Å². The summed E-state index contributed by atoms with van der Waals surface area (Å²) in [6.07, 6.45) is -1.95. The van der Waals surface area contributed by atoms with Crippen LogP contribution in [0.3, 0.4) is 0 Å². The molecule has 1 aromatic carbocycles. The van der Waals surface area contributed by atoms with E-state index in [0.29, 0.717) is 16.3 Å². The lowest BCUT2D eigenvalue weighted by Gasteiger charge is -2.17. The van der Waals surface area contributed by atoms with Gasteiger partial charge in [-0.1, -0.05) is 17.7 Å². The molecule has 0 heterocycles. The molecule has 0 saturated carbocycles. The average Bonchev–Trinajstić information content (AvgIpc) is 2.21. The minimum Gasteiger partial charge on any atom is -0.398 e. The van der Waals surface area contributed by atoms with Crippen LogP contribution in [0.5, 0.6) is 0 Å². The fraction of sp³-hybridized carbons (Fsp3) is 0.400. The summed E-state index contributed by atoms with van der Waals surface area (Å²) in [5.74, 6) is 0. The van der Waals surface area contributed by atoms with E-state index in [1.807, 2.05) is 0 Å². The molecule has 0 aromatic heterocycles. The molecule has 0 radical (unpaired) electrons. The molecule has 0 bridgehead atoms. The number of benzene rings is 1. The van der Waals surface area contributed by atoms with Gasteiger partial charge in [-0.05, 0) is 24.1 Å². The monoisotopic (exact) mass is 231 g/mol. The maximum atomic E-state index is 9.67. The van der Waals surface area contributed by atoms with Gasteiger partial charge in [0.05, 0.1) is 16.8 Å². The van der Waals surface area contributed by atoms with Crippen LogP contribution >= 0.6 is 11.6 Å². The van der Waals surface area contributed by atoms with Gasteiger partial charge in [-0.15, -0.1) is 0 Å². The number of hydrogen-bond donors (Lipinski definition) is 4. The molecule has 4 nitrogen and oxygen atoms in total. The van der Waals surface area contributed by atoms with Gasteiger partial charge in [0.15, 0.2) is 0 Å². The van der Waals surface area contributed by atoms with E-state index in [0.717, 1.165) is 0 Å². The van der Waals surface area contributed by atoms with E-state index >= 15 is 0 Å². The van der Waals surface area contributed by atoms with Gasteiger partial charge in [-0.2, -0.15) is 0 Å². The smallest absolute Gasteiger partial charge is 0.105 e. The first-order valence-electron chi connectivity index (χ1n) is 4.58. The van der Waals surface area contributed by atoms with Crippen molar-refractivity contribution < 1.29 is 15.3 Å². The van der Waals surface area contributed by atoms with Gasteiger partial charge in [0, 0.05) is 6.61 Å². The Labute approximate surface area is 92.9 Å². The Morgan fingerprint density at radius 2 is 2.00 bits per heavy atom. The van der Waals surface area contributed by atoms with Crippen LogP contribution in [0.1, 0.15) is 18.1 Å². The first kappa shape index (κ1) is 12.3. The molecular formula is C10H14ClNO3. The molecule has 2 atom stereocenters. The molecule has 0 amide bonds. The fourth-order valence-electron chi connectivity index (χ4n) is 1.24. The van der Waals surface area contributed by atoms with E-state index in [2.05, 4.69) is 0 Å². The van der Waals surface area contributed by atoms with Gasteiger partial charge in [0.1, 0.15) is 6.10 Å². The highest BCUT2D eigenvalue weighted by atomic mass is 35.5. The Morgan fingerprint density at radius 3 is 2.53 bits per heavy atom. The number of nitrogen functional groups attached to an aromatic ring is 1. The van der Waals surface area contributed by atoms with Crippen LogP contribution in [0.4, 0.5) is 5.69 Å². The lowest BCUT2D eigenvalue weighted by molar-refractivity contribution is 0.00423. The maximum Gasteiger partial charge on any atom is 0.105 e. The highest BCUT2D eigenvalue weighted by molar-refractivity contribution is 6.33. The number of halogens is 1. The highest BCUT2D eigenvalue weighted by Gasteiger charge is 2.18. The number of aliphatic hydroxyl groups is 3. The Kier molecular flexibility index (Phi) is 4.35. The predicted molar refractivity (Wildman–Crippen MR) is 58.5 cm³/mol. The molecule has 5 heteroatoms. The van der Waals surface area contributed by atoms with Gasteiger partial charge >= 0.3 is 0 Å². The van der Waals surface area contributed by atoms with Crippen LogP contribution in [0.25, 0.3) is 0 Å². The number of aliphatic hydroxyl groups excluding tert-OH is 3. The van der Waals surface area contributed by atoms with E-state index in [1.165, 1.54) is 6.07 Å². The highest BCUT2D eigenvalue weighted by Crippen LogP contribution is 2.25. The number of hydrogen-bond acceptors (Lipinski definition) is 4. The van der Waals surface area contributed by atoms with E-state index in [4.69, 9.17) is 22.4 Å². The molecule has 0 aliphatic carbocycles. The molecule has 0 spiro atoms. The van der Waals surface area contributed by atoms with Crippen molar-refractivity contribution in [2.45, 2.75) is 18.6 Å². The van der Waals surface area contributed by atoms with Crippen molar-refractivity contribution in [3.05, 3.63) is 28.8 Å². The van der Waals surface area contributed by atoms with Crippen molar-refractivity contribution in [2.24, 2.45) is 0 Å². The van der Waals surface area contributed by atoms with E-state index in [-0.39, 0.29) is 13.0 Å². The van der Waals surface area contributed by atoms with Crippen molar-refractivity contribution >= 4 is 17.3 Å². The summed E-state index contributed by atoms with van der Waals surface area (Å²) >= 11 is 5.77. The van der Waals surface area contributed by atoms with Crippen LogP contribution in [0.2, 0.25) is 5.02 Å². The topological polar surface area (TPSA) is 86.7 Å². The predicted octanol–water partition coefficient (Wildman–Crippen LogP) is 0.699. The summed E-state index contributed by atoms with van der Waals surface area (Å²) in [5, 5.41) is 28.1. The average molecular weight is 232 g/mol. The summed E-state index contributed by atoms with van der Waals surface area (Å²) in [5.41, 5.74) is 6.41. The Bertz CT molecular complexity index is 332. The molecular weight excluding hydrogens is 218 g/mol. The van der Waals surface area contributed by atoms with E-state index in [9.17, 15) is 10.2 Å². The molecule has 2 unspecified atom stereocenters. The first-order valence-corrected chi connectivity index (χ1v) is 4.96. The minimum absolute atomic E-state index is 0.114. The van der Waals surface area contributed by atoms with E-state index < -0.39 is 12.2 Å². The van der Waals surface area contributed by atoms with Gasteiger partial charge in [-0.3, -0.25) is 0 Å². The second kappa shape index (κ2) is 5.32. The van der Waals surface area contributed by atoms with Crippen molar-refractivity contribution in [3.8, 4) is 0 Å². The second-order valence-corrected chi connectivity index (χ2v) is 3.71. The fourth-order valence-corrected chi connectivity index (χ4v) is 1.43. The lowest BCUT2D eigenvalue weighted by atomic mass is 10.0. The standard InChI is InChI=1S/C10H14ClNO3/c11-7-5-6(1-2-8(7)12)10(15)9(14)3-4-13/h1-2,5,9-10,13-15H,3-4,12H2. The SMILES string of the molecule is Nc1ccc(C(O)C(O)CCO)cc1Cl. The summed E-state index contributed by atoms with van der Waals surface area (Å²) in [7, 11) is 0. The largest absolute Gasteiger partial charge is 0.398 e. The lowest BCUT2D eigenvalue weighted by Crippen LogP contribution is -2.19. The Morgan fingerprint density at radius 1 is 1.33 bits per heavy atom. The molecule has 5 N–H and O–H groups in total. The zero-order valence-corrected chi connectivity index (χ0v) is 8.85. The van der Waals surface area contributed by atoms with E-state index in [1.54, 1.807) is 12.1 Å². The zero-order valence-electron chi connectivity index (χ0n) is 8.10. The second-order valence-electron chi connectivity index (χ2n) is 3.31. The maximum absolute atomic E-state index is 9.67. The number of anilines is 1. The summed E-state index contributed by atoms with van der Waals surface area (Å²) in [6.45, 7) is -0.180. The third kappa shape index (κ3) is 3.07. The van der Waals surface area contributed by atoms with Crippen molar-refractivity contribution in [1.82, 2.24) is 0 Å². The van der Waals surface area contributed by atoms with Gasteiger partial charge < -0.3 is 21.1 Å². The third-order valence-electron chi connectivity index (χ3n) is 2.16. The first-order chi connectivity index (χ1) is 7.06. The minimum atomic E-state index is -1.06. The molecule has 0 aliphatic heterocycles.